The summed E-state index contributed by atoms with van der Waals surface area (Å²) in [6, 6.07) is 29.5. The number of aromatic nitrogens is 1. The van der Waals surface area contributed by atoms with E-state index in [-0.39, 0.29) is 36.6 Å². The van der Waals surface area contributed by atoms with E-state index in [9.17, 15) is 9.59 Å². The molecule has 0 saturated carbocycles. The largest absolute Gasteiger partial charge is 0.491 e. The van der Waals surface area contributed by atoms with Crippen molar-refractivity contribution in [3.8, 4) is 11.5 Å². The fourth-order valence-electron chi connectivity index (χ4n) is 5.24. The van der Waals surface area contributed by atoms with Gasteiger partial charge < -0.3 is 29.2 Å². The standard InChI is InChI=1S/C34H31N3O6/c1-22-7-5-6-10-29(22)35-34-36-30-16-11-23(17-31(30)43-34)18-32(38)37-20-28(42-27-8-3-2-4-9-27)19-25(37)21-41-26-14-12-24(13-15-26)33(39)40/h2-17,25,28H,18-21H2,1H3,(H,35,36)(H,39,40)/t25-,28-/m0/s1. The number of hydrogen-bond donors (Lipinski definition) is 2. The van der Waals surface area contributed by atoms with Crippen molar-refractivity contribution in [2.45, 2.75) is 31.9 Å². The topological polar surface area (TPSA) is 114 Å². The lowest BCUT2D eigenvalue weighted by Gasteiger charge is -2.24. The number of likely N-dealkylation sites (tertiary alicyclic amines) is 1. The third-order valence-corrected chi connectivity index (χ3v) is 7.48. The van der Waals surface area contributed by atoms with Crippen molar-refractivity contribution in [2.75, 3.05) is 18.5 Å². The molecule has 2 N–H and O–H groups in total. The number of anilines is 2. The number of rotatable bonds is 10. The second-order valence-electron chi connectivity index (χ2n) is 10.6. The number of aryl methyl sites for hydroxylation is 1. The first kappa shape index (κ1) is 27.8. The lowest BCUT2D eigenvalue weighted by atomic mass is 10.1. The van der Waals surface area contributed by atoms with Crippen molar-refractivity contribution >= 4 is 34.7 Å². The summed E-state index contributed by atoms with van der Waals surface area (Å²) < 4.78 is 18.2. The minimum Gasteiger partial charge on any atom is -0.491 e. The Morgan fingerprint density at radius 3 is 2.51 bits per heavy atom. The third kappa shape index (κ3) is 6.62. The van der Waals surface area contributed by atoms with Crippen LogP contribution in [0.1, 0.15) is 27.9 Å². The number of hydrogen-bond acceptors (Lipinski definition) is 7. The number of aromatic carboxylic acids is 1. The van der Waals surface area contributed by atoms with Crippen molar-refractivity contribution in [3.05, 3.63) is 114 Å². The van der Waals surface area contributed by atoms with Crippen LogP contribution < -0.4 is 14.8 Å². The van der Waals surface area contributed by atoms with E-state index in [0.29, 0.717) is 35.8 Å². The van der Waals surface area contributed by atoms with Crippen LogP contribution in [-0.2, 0) is 11.2 Å². The maximum atomic E-state index is 13.7. The molecule has 2 atom stereocenters. The third-order valence-electron chi connectivity index (χ3n) is 7.48. The van der Waals surface area contributed by atoms with E-state index in [4.69, 9.17) is 19.0 Å². The number of nitrogens with zero attached hydrogens (tertiary/aromatic N) is 2. The molecule has 4 aromatic carbocycles. The highest BCUT2D eigenvalue weighted by Gasteiger charge is 2.37. The lowest BCUT2D eigenvalue weighted by molar-refractivity contribution is -0.132. The van der Waals surface area contributed by atoms with E-state index in [1.54, 1.807) is 12.1 Å². The van der Waals surface area contributed by atoms with E-state index in [0.717, 1.165) is 22.6 Å². The van der Waals surface area contributed by atoms with Gasteiger partial charge in [0.2, 0.25) is 5.91 Å². The molecule has 1 saturated heterocycles. The summed E-state index contributed by atoms with van der Waals surface area (Å²) in [6.07, 6.45) is 0.586. The number of carbonyl (C=O) groups excluding carboxylic acids is 1. The summed E-state index contributed by atoms with van der Waals surface area (Å²) in [6.45, 7) is 2.69. The van der Waals surface area contributed by atoms with Crippen LogP contribution in [0.15, 0.2) is 101 Å². The van der Waals surface area contributed by atoms with Crippen LogP contribution in [0.5, 0.6) is 11.5 Å². The van der Waals surface area contributed by atoms with Gasteiger partial charge in [-0.2, -0.15) is 4.98 Å². The molecule has 1 aliphatic rings. The molecule has 5 aromatic rings. The van der Waals surface area contributed by atoms with E-state index in [1.807, 2.05) is 84.6 Å². The number of fused-ring (bicyclic) bond motifs is 1. The second kappa shape index (κ2) is 12.3. The molecule has 0 unspecified atom stereocenters. The van der Waals surface area contributed by atoms with Crippen molar-refractivity contribution < 1.29 is 28.6 Å². The molecule has 1 aliphatic heterocycles. The van der Waals surface area contributed by atoms with Gasteiger partial charge in [-0.3, -0.25) is 4.79 Å². The summed E-state index contributed by atoms with van der Waals surface area (Å²) in [7, 11) is 0. The van der Waals surface area contributed by atoms with E-state index in [1.165, 1.54) is 12.1 Å². The average Bonchev–Trinajstić information content (AvgIpc) is 3.61. The number of amides is 1. The molecule has 1 aromatic heterocycles. The highest BCUT2D eigenvalue weighted by molar-refractivity contribution is 5.87. The normalized spacial score (nSPS) is 16.3. The zero-order valence-corrected chi connectivity index (χ0v) is 23.6. The number of carbonyl (C=O) groups is 2. The molecule has 9 nitrogen and oxygen atoms in total. The van der Waals surface area contributed by atoms with Crippen molar-refractivity contribution in [2.24, 2.45) is 0 Å². The predicted octanol–water partition coefficient (Wildman–Crippen LogP) is 6.25. The number of para-hydroxylation sites is 2. The second-order valence-corrected chi connectivity index (χ2v) is 10.6. The van der Waals surface area contributed by atoms with Crippen molar-refractivity contribution in [3.63, 3.8) is 0 Å². The Kier molecular flexibility index (Phi) is 7.95. The number of ether oxygens (including phenoxy) is 2. The number of benzene rings is 4. The molecular formula is C34H31N3O6. The maximum Gasteiger partial charge on any atom is 0.335 e. The van der Waals surface area contributed by atoms with Gasteiger partial charge in [-0.05, 0) is 72.6 Å². The fourth-order valence-corrected chi connectivity index (χ4v) is 5.24. The molecule has 0 bridgehead atoms. The first-order valence-corrected chi connectivity index (χ1v) is 14.1. The van der Waals surface area contributed by atoms with Gasteiger partial charge in [0.25, 0.3) is 6.01 Å². The summed E-state index contributed by atoms with van der Waals surface area (Å²) in [5.41, 5.74) is 4.28. The molecule has 0 aliphatic carbocycles. The Morgan fingerprint density at radius 1 is 0.977 bits per heavy atom. The molecule has 6 rings (SSSR count). The summed E-state index contributed by atoms with van der Waals surface area (Å²) in [4.78, 5) is 31.2. The molecule has 43 heavy (non-hydrogen) atoms. The summed E-state index contributed by atoms with van der Waals surface area (Å²) in [5, 5.41) is 12.4. The number of nitrogens with one attached hydrogen (secondary N) is 1. The van der Waals surface area contributed by atoms with Crippen LogP contribution in [0.2, 0.25) is 0 Å². The SMILES string of the molecule is Cc1ccccc1Nc1nc2ccc(CC(=O)N3C[C@@H](Oc4ccccc4)C[C@H]3COc3ccc(C(=O)O)cc3)cc2o1. The van der Waals surface area contributed by atoms with Gasteiger partial charge in [0.05, 0.1) is 24.6 Å². The molecule has 218 valence electrons. The van der Waals surface area contributed by atoms with Crippen LogP contribution in [-0.4, -0.2) is 52.2 Å². The molecule has 9 heteroatoms. The quantitative estimate of drug-likeness (QED) is 0.200. The van der Waals surface area contributed by atoms with E-state index < -0.39 is 5.97 Å². The van der Waals surface area contributed by atoms with Crippen LogP contribution in [0.4, 0.5) is 11.7 Å². The predicted molar refractivity (Wildman–Crippen MR) is 162 cm³/mol. The molecule has 0 spiro atoms. The Balaban J connectivity index is 1.15. The Labute approximate surface area is 248 Å². The lowest BCUT2D eigenvalue weighted by Crippen LogP contribution is -2.40. The van der Waals surface area contributed by atoms with Crippen LogP contribution in [0.25, 0.3) is 11.1 Å². The van der Waals surface area contributed by atoms with E-state index in [2.05, 4.69) is 10.3 Å². The van der Waals surface area contributed by atoms with Gasteiger partial charge in [0.15, 0.2) is 5.58 Å². The summed E-state index contributed by atoms with van der Waals surface area (Å²) in [5.74, 6) is 0.237. The first-order chi connectivity index (χ1) is 20.9. The highest BCUT2D eigenvalue weighted by atomic mass is 16.5. The first-order valence-electron chi connectivity index (χ1n) is 14.1. The summed E-state index contributed by atoms with van der Waals surface area (Å²) >= 11 is 0. The zero-order valence-electron chi connectivity index (χ0n) is 23.6. The van der Waals surface area contributed by atoms with Crippen molar-refractivity contribution in [1.29, 1.82) is 0 Å². The monoisotopic (exact) mass is 577 g/mol. The Bertz CT molecular complexity index is 1730. The highest BCUT2D eigenvalue weighted by Crippen LogP contribution is 2.27. The molecule has 2 heterocycles. The zero-order chi connectivity index (χ0) is 29.8. The van der Waals surface area contributed by atoms with Gasteiger partial charge in [-0.25, -0.2) is 4.79 Å². The number of oxazole rings is 1. The average molecular weight is 578 g/mol. The smallest absolute Gasteiger partial charge is 0.335 e. The minimum absolute atomic E-state index is 0.0499. The van der Waals surface area contributed by atoms with Gasteiger partial charge in [0.1, 0.15) is 29.7 Å². The molecule has 1 amide bonds. The minimum atomic E-state index is -0.998. The Morgan fingerprint density at radius 2 is 1.74 bits per heavy atom. The molecule has 0 radical (unpaired) electrons. The van der Waals surface area contributed by atoms with Crippen LogP contribution in [0.3, 0.4) is 0 Å². The van der Waals surface area contributed by atoms with Gasteiger partial charge in [0, 0.05) is 12.1 Å². The molecular weight excluding hydrogens is 546 g/mol. The van der Waals surface area contributed by atoms with Crippen LogP contribution in [0, 0.1) is 6.92 Å². The number of carboxylic acid groups (broad SMARTS) is 1. The van der Waals surface area contributed by atoms with Gasteiger partial charge in [-0.15, -0.1) is 0 Å². The van der Waals surface area contributed by atoms with Gasteiger partial charge >= 0.3 is 5.97 Å². The van der Waals surface area contributed by atoms with Crippen molar-refractivity contribution in [1.82, 2.24) is 9.88 Å². The molecule has 1 fully saturated rings. The Hall–Kier alpha value is -5.31. The fraction of sp³-hybridized carbons (Fsp3) is 0.206. The van der Waals surface area contributed by atoms with Crippen LogP contribution >= 0.6 is 0 Å². The van der Waals surface area contributed by atoms with Gasteiger partial charge in [-0.1, -0.05) is 42.5 Å². The van der Waals surface area contributed by atoms with E-state index >= 15 is 0 Å². The number of carboxylic acids is 1. The maximum absolute atomic E-state index is 13.7.